The molecule has 0 saturated heterocycles. The fourth-order valence-corrected chi connectivity index (χ4v) is 1.96. The van der Waals surface area contributed by atoms with Crippen LogP contribution in [0.15, 0.2) is 39.6 Å². The average Bonchev–Trinajstić information content (AvgIpc) is 2.69. The van der Waals surface area contributed by atoms with E-state index in [1.807, 2.05) is 0 Å². The fraction of sp³-hybridized carbons (Fsp3) is 0.200. The van der Waals surface area contributed by atoms with Crippen LogP contribution in [0.2, 0.25) is 0 Å². The lowest BCUT2D eigenvalue weighted by atomic mass is 10.1. The summed E-state index contributed by atoms with van der Waals surface area (Å²) in [4.78, 5) is 15.2. The van der Waals surface area contributed by atoms with E-state index in [2.05, 4.69) is 10.3 Å². The van der Waals surface area contributed by atoms with Crippen molar-refractivity contribution in [2.45, 2.75) is 0 Å². The topological polar surface area (TPSA) is 61.7 Å². The summed E-state index contributed by atoms with van der Waals surface area (Å²) in [6, 6.07) is 0. The van der Waals surface area contributed by atoms with E-state index in [9.17, 15) is 4.79 Å². The number of carbonyl (C=O) groups is 1. The van der Waals surface area contributed by atoms with Gasteiger partial charge >= 0.3 is 5.97 Å². The highest BCUT2D eigenvalue weighted by atomic mass is 16.4. The van der Waals surface area contributed by atoms with Crippen LogP contribution in [0.1, 0.15) is 0 Å². The molecule has 3 rings (SSSR count). The Hall–Kier alpha value is -1.68. The molecular formula is C10H8N2O2. The number of aliphatic imine (C=N–C) groups is 1. The Morgan fingerprint density at radius 1 is 1.43 bits per heavy atom. The second kappa shape index (κ2) is 2.42. The summed E-state index contributed by atoms with van der Waals surface area (Å²) in [5.41, 5.74) is 4.27. The van der Waals surface area contributed by atoms with Crippen molar-refractivity contribution in [3.05, 3.63) is 34.6 Å². The number of nitrogens with zero attached hydrogens (tertiary/aromatic N) is 1. The summed E-state index contributed by atoms with van der Waals surface area (Å²) in [6.45, 7) is 1.47. The predicted molar refractivity (Wildman–Crippen MR) is 51.1 cm³/mol. The van der Waals surface area contributed by atoms with Crippen LogP contribution in [0.25, 0.3) is 0 Å². The number of hydrogen-bond acceptors (Lipinski definition) is 3. The van der Waals surface area contributed by atoms with Crippen LogP contribution in [0, 0.1) is 0 Å². The van der Waals surface area contributed by atoms with E-state index in [0.29, 0.717) is 5.57 Å². The molecule has 14 heavy (non-hydrogen) atoms. The highest BCUT2D eigenvalue weighted by molar-refractivity contribution is 6.13. The van der Waals surface area contributed by atoms with Crippen molar-refractivity contribution in [3.8, 4) is 0 Å². The van der Waals surface area contributed by atoms with Crippen LogP contribution >= 0.6 is 0 Å². The van der Waals surface area contributed by atoms with Gasteiger partial charge in [0.1, 0.15) is 0 Å². The van der Waals surface area contributed by atoms with E-state index >= 15 is 0 Å². The Balaban J connectivity index is 2.13. The summed E-state index contributed by atoms with van der Waals surface area (Å²) in [7, 11) is 0. The second-order valence-corrected chi connectivity index (χ2v) is 3.49. The molecule has 2 N–H and O–H groups in total. The number of allylic oxidation sites excluding steroid dienone is 2. The van der Waals surface area contributed by atoms with E-state index < -0.39 is 5.97 Å². The number of nitrogens with one attached hydrogen (secondary N) is 1. The van der Waals surface area contributed by atoms with Crippen molar-refractivity contribution in [1.82, 2.24) is 5.32 Å². The van der Waals surface area contributed by atoms with Gasteiger partial charge in [-0.1, -0.05) is 0 Å². The van der Waals surface area contributed by atoms with Crippen molar-refractivity contribution >= 4 is 11.7 Å². The number of carboxylic acids is 1. The van der Waals surface area contributed by atoms with Crippen LogP contribution in [-0.4, -0.2) is 29.9 Å². The van der Waals surface area contributed by atoms with Crippen LogP contribution in [0.4, 0.5) is 0 Å². The van der Waals surface area contributed by atoms with Gasteiger partial charge in [-0.25, -0.2) is 4.79 Å². The molecule has 4 heteroatoms. The van der Waals surface area contributed by atoms with E-state index in [1.54, 1.807) is 12.2 Å². The summed E-state index contributed by atoms with van der Waals surface area (Å²) >= 11 is 0. The zero-order valence-corrected chi connectivity index (χ0v) is 7.37. The molecule has 0 atom stereocenters. The molecule has 70 valence electrons. The third kappa shape index (κ3) is 0.858. The molecule has 2 bridgehead atoms. The van der Waals surface area contributed by atoms with Gasteiger partial charge in [0.25, 0.3) is 0 Å². The SMILES string of the molecule is O=C(O)C1=CC2=C3CNCC(=N3)C2=C1. The Bertz CT molecular complexity index is 467. The summed E-state index contributed by atoms with van der Waals surface area (Å²) in [5, 5.41) is 12.1. The maximum absolute atomic E-state index is 10.8. The molecular weight excluding hydrogens is 180 g/mol. The van der Waals surface area contributed by atoms with Gasteiger partial charge in [0.15, 0.2) is 0 Å². The van der Waals surface area contributed by atoms with E-state index in [4.69, 9.17) is 5.11 Å². The van der Waals surface area contributed by atoms with Crippen LogP contribution < -0.4 is 5.32 Å². The average molecular weight is 188 g/mol. The minimum atomic E-state index is -0.869. The van der Waals surface area contributed by atoms with Gasteiger partial charge in [-0.15, -0.1) is 0 Å². The maximum atomic E-state index is 10.8. The fourth-order valence-electron chi connectivity index (χ4n) is 1.96. The first-order valence-electron chi connectivity index (χ1n) is 4.44. The summed E-state index contributed by atoms with van der Waals surface area (Å²) in [6.07, 6.45) is 3.41. The highest BCUT2D eigenvalue weighted by Gasteiger charge is 2.30. The van der Waals surface area contributed by atoms with Crippen molar-refractivity contribution in [2.75, 3.05) is 13.1 Å². The molecule has 2 aliphatic heterocycles. The Morgan fingerprint density at radius 2 is 2.29 bits per heavy atom. The third-order valence-corrected chi connectivity index (χ3v) is 2.61. The minimum absolute atomic E-state index is 0.363. The molecule has 0 spiro atoms. The van der Waals surface area contributed by atoms with E-state index in [-0.39, 0.29) is 0 Å². The molecule has 0 amide bonds. The number of aliphatic carboxylic acids is 1. The molecule has 0 saturated carbocycles. The second-order valence-electron chi connectivity index (χ2n) is 3.49. The largest absolute Gasteiger partial charge is 0.478 e. The maximum Gasteiger partial charge on any atom is 0.335 e. The quantitative estimate of drug-likeness (QED) is 0.620. The predicted octanol–water partition coefficient (Wildman–Crippen LogP) is 0.249. The molecule has 0 unspecified atom stereocenters. The van der Waals surface area contributed by atoms with Gasteiger partial charge in [-0.05, 0) is 12.2 Å². The molecule has 0 aromatic heterocycles. The Kier molecular flexibility index (Phi) is 1.33. The molecule has 0 fully saturated rings. The van der Waals surface area contributed by atoms with E-state index in [0.717, 1.165) is 35.6 Å². The van der Waals surface area contributed by atoms with Crippen molar-refractivity contribution < 1.29 is 9.90 Å². The molecule has 3 aliphatic rings. The van der Waals surface area contributed by atoms with E-state index in [1.165, 1.54) is 0 Å². The van der Waals surface area contributed by atoms with Gasteiger partial charge in [0, 0.05) is 24.2 Å². The summed E-state index contributed by atoms with van der Waals surface area (Å²) in [5.74, 6) is -0.869. The first-order valence-corrected chi connectivity index (χ1v) is 4.44. The van der Waals surface area contributed by atoms with Gasteiger partial charge in [-0.3, -0.25) is 4.99 Å². The Labute approximate surface area is 80.3 Å². The lowest BCUT2D eigenvalue weighted by molar-refractivity contribution is -0.132. The van der Waals surface area contributed by atoms with Crippen molar-refractivity contribution in [1.29, 1.82) is 0 Å². The first kappa shape index (κ1) is 7.70. The molecule has 2 heterocycles. The monoisotopic (exact) mass is 188 g/mol. The molecule has 4 nitrogen and oxygen atoms in total. The third-order valence-electron chi connectivity index (χ3n) is 2.61. The number of carboxylic acid groups (broad SMARTS) is 1. The minimum Gasteiger partial charge on any atom is -0.478 e. The smallest absolute Gasteiger partial charge is 0.335 e. The first-order chi connectivity index (χ1) is 6.75. The van der Waals surface area contributed by atoms with Gasteiger partial charge in [-0.2, -0.15) is 0 Å². The standard InChI is InChI=1S/C10H8N2O2/c13-10(14)5-1-6-7(2-5)9-4-11-3-8(6)12-9/h1-2,11H,3-4H2,(H,13,14). The zero-order valence-electron chi connectivity index (χ0n) is 7.37. The molecule has 1 aliphatic carbocycles. The Morgan fingerprint density at radius 3 is 3.07 bits per heavy atom. The molecule has 0 aromatic carbocycles. The normalized spacial score (nSPS) is 23.0. The van der Waals surface area contributed by atoms with Crippen molar-refractivity contribution in [3.63, 3.8) is 0 Å². The van der Waals surface area contributed by atoms with Crippen LogP contribution in [0.5, 0.6) is 0 Å². The van der Waals surface area contributed by atoms with Gasteiger partial charge < -0.3 is 10.4 Å². The van der Waals surface area contributed by atoms with Crippen LogP contribution in [0.3, 0.4) is 0 Å². The van der Waals surface area contributed by atoms with Gasteiger partial charge in [0.2, 0.25) is 0 Å². The summed E-state index contributed by atoms with van der Waals surface area (Å²) < 4.78 is 0. The van der Waals surface area contributed by atoms with Crippen molar-refractivity contribution in [2.24, 2.45) is 4.99 Å². The number of hydrogen-bond donors (Lipinski definition) is 2. The van der Waals surface area contributed by atoms with Crippen LogP contribution in [-0.2, 0) is 4.79 Å². The lowest BCUT2D eigenvalue weighted by Crippen LogP contribution is -2.26. The molecule has 0 aromatic rings. The zero-order chi connectivity index (χ0) is 9.71. The van der Waals surface area contributed by atoms with Gasteiger partial charge in [0.05, 0.1) is 17.0 Å². The highest BCUT2D eigenvalue weighted by Crippen LogP contribution is 2.34. The number of fused-ring (bicyclic) bond motifs is 3. The lowest BCUT2D eigenvalue weighted by Gasteiger charge is -2.07. The number of rotatable bonds is 1. The molecule has 0 radical (unpaired) electrons.